The number of nitrogens with zero attached hydrogens (tertiary/aromatic N) is 1. The van der Waals surface area contributed by atoms with E-state index in [9.17, 15) is 4.79 Å². The number of benzene rings is 1. The summed E-state index contributed by atoms with van der Waals surface area (Å²) in [5.74, 6) is 1.94. The zero-order valence-corrected chi connectivity index (χ0v) is 11.3. The van der Waals surface area contributed by atoms with Gasteiger partial charge in [0.05, 0.1) is 20.4 Å². The van der Waals surface area contributed by atoms with Gasteiger partial charge >= 0.3 is 0 Å². The van der Waals surface area contributed by atoms with Crippen LogP contribution < -0.4 is 14.8 Å². The number of carbonyl (C=O) groups is 1. The number of carbonyl (C=O) groups excluding carboxylic acids is 1. The van der Waals surface area contributed by atoms with Crippen LogP contribution in [0.4, 0.5) is 5.82 Å². The highest BCUT2D eigenvalue weighted by Crippen LogP contribution is 2.39. The van der Waals surface area contributed by atoms with E-state index in [2.05, 4.69) is 15.5 Å². The summed E-state index contributed by atoms with van der Waals surface area (Å²) in [5.41, 5.74) is 1.98. The molecule has 1 aliphatic rings. The van der Waals surface area contributed by atoms with Gasteiger partial charge in [0.15, 0.2) is 11.5 Å². The largest absolute Gasteiger partial charge is 0.493 e. The minimum atomic E-state index is -0.0303. The predicted molar refractivity (Wildman–Crippen MR) is 73.2 cm³/mol. The molecule has 20 heavy (non-hydrogen) atoms. The van der Waals surface area contributed by atoms with Crippen LogP contribution in [0.1, 0.15) is 23.5 Å². The number of hydrogen-bond donors (Lipinski definition) is 2. The molecule has 0 spiro atoms. The van der Waals surface area contributed by atoms with Gasteiger partial charge in [-0.2, -0.15) is 5.10 Å². The molecule has 0 saturated heterocycles. The van der Waals surface area contributed by atoms with Gasteiger partial charge < -0.3 is 14.8 Å². The van der Waals surface area contributed by atoms with Crippen LogP contribution in [0.5, 0.6) is 11.5 Å². The first-order chi connectivity index (χ1) is 9.72. The summed E-state index contributed by atoms with van der Waals surface area (Å²) < 4.78 is 10.5. The molecule has 3 rings (SSSR count). The van der Waals surface area contributed by atoms with Gasteiger partial charge in [-0.15, -0.1) is 0 Å². The third-order valence-corrected chi connectivity index (χ3v) is 3.51. The number of amides is 1. The van der Waals surface area contributed by atoms with Gasteiger partial charge in [-0.05, 0) is 17.7 Å². The molecule has 0 aliphatic carbocycles. The Kier molecular flexibility index (Phi) is 3.06. The van der Waals surface area contributed by atoms with Crippen molar-refractivity contribution in [1.82, 2.24) is 10.2 Å². The van der Waals surface area contributed by atoms with E-state index in [0.29, 0.717) is 23.7 Å². The van der Waals surface area contributed by atoms with Gasteiger partial charge in [-0.25, -0.2) is 0 Å². The molecule has 2 N–H and O–H groups in total. The van der Waals surface area contributed by atoms with Crippen molar-refractivity contribution >= 4 is 11.7 Å². The fraction of sp³-hybridized carbons (Fsp3) is 0.286. The Balaban J connectivity index is 2.04. The highest BCUT2D eigenvalue weighted by atomic mass is 16.5. The smallest absolute Gasteiger partial charge is 0.226 e. The minimum absolute atomic E-state index is 0.0264. The molecule has 1 aliphatic heterocycles. The molecular weight excluding hydrogens is 258 g/mol. The summed E-state index contributed by atoms with van der Waals surface area (Å²) in [6.07, 6.45) is 2.14. The monoisotopic (exact) mass is 273 g/mol. The van der Waals surface area contributed by atoms with E-state index in [1.54, 1.807) is 20.4 Å². The molecule has 2 aromatic rings. The number of methoxy groups -OCH3 is 2. The normalized spacial score (nSPS) is 17.3. The summed E-state index contributed by atoms with van der Waals surface area (Å²) in [6.45, 7) is 0. The van der Waals surface area contributed by atoms with Crippen LogP contribution >= 0.6 is 0 Å². The van der Waals surface area contributed by atoms with Crippen molar-refractivity contribution in [1.29, 1.82) is 0 Å². The van der Waals surface area contributed by atoms with Crippen LogP contribution in [0.3, 0.4) is 0 Å². The van der Waals surface area contributed by atoms with Crippen molar-refractivity contribution in [2.24, 2.45) is 0 Å². The first-order valence-corrected chi connectivity index (χ1v) is 6.28. The van der Waals surface area contributed by atoms with E-state index in [1.807, 2.05) is 18.2 Å². The first-order valence-electron chi connectivity index (χ1n) is 6.28. The Morgan fingerprint density at radius 3 is 2.80 bits per heavy atom. The van der Waals surface area contributed by atoms with Gasteiger partial charge in [0, 0.05) is 17.9 Å². The van der Waals surface area contributed by atoms with Gasteiger partial charge in [-0.1, -0.05) is 6.07 Å². The first kappa shape index (κ1) is 12.5. The second-order valence-corrected chi connectivity index (χ2v) is 4.62. The molecule has 6 heteroatoms. The zero-order valence-electron chi connectivity index (χ0n) is 11.3. The van der Waals surface area contributed by atoms with E-state index in [0.717, 1.165) is 11.1 Å². The molecule has 0 saturated carbocycles. The van der Waals surface area contributed by atoms with Crippen LogP contribution in [0, 0.1) is 0 Å². The molecule has 1 atom stereocenters. The van der Waals surface area contributed by atoms with Crippen LogP contribution in [0.2, 0.25) is 0 Å². The lowest BCUT2D eigenvalue weighted by Crippen LogP contribution is -2.22. The number of aromatic nitrogens is 2. The van der Waals surface area contributed by atoms with Crippen LogP contribution in [0.25, 0.3) is 0 Å². The van der Waals surface area contributed by atoms with Crippen LogP contribution in [0.15, 0.2) is 24.4 Å². The van der Waals surface area contributed by atoms with Crippen molar-refractivity contribution in [3.8, 4) is 11.5 Å². The molecule has 0 bridgehead atoms. The van der Waals surface area contributed by atoms with E-state index in [1.165, 1.54) is 0 Å². The fourth-order valence-electron chi connectivity index (χ4n) is 2.51. The lowest BCUT2D eigenvalue weighted by atomic mass is 9.87. The summed E-state index contributed by atoms with van der Waals surface area (Å²) >= 11 is 0. The Bertz CT molecular complexity index is 651. The maximum absolute atomic E-state index is 11.8. The SMILES string of the molecule is COc1ccc([C@H]2CC(=O)Nc3[nH]ncc32)cc1OC. The van der Waals surface area contributed by atoms with E-state index in [4.69, 9.17) is 9.47 Å². The molecule has 1 aromatic heterocycles. The van der Waals surface area contributed by atoms with Gasteiger partial charge in [-0.3, -0.25) is 9.89 Å². The number of aromatic amines is 1. The summed E-state index contributed by atoms with van der Waals surface area (Å²) in [7, 11) is 3.19. The fourth-order valence-corrected chi connectivity index (χ4v) is 2.51. The maximum atomic E-state index is 11.8. The Morgan fingerprint density at radius 2 is 2.05 bits per heavy atom. The Morgan fingerprint density at radius 1 is 1.25 bits per heavy atom. The van der Waals surface area contributed by atoms with Crippen molar-refractivity contribution in [3.63, 3.8) is 0 Å². The highest BCUT2D eigenvalue weighted by molar-refractivity contribution is 5.94. The van der Waals surface area contributed by atoms with Crippen LogP contribution in [-0.2, 0) is 4.79 Å². The predicted octanol–water partition coefficient (Wildman–Crippen LogP) is 1.90. The standard InChI is InChI=1S/C14H15N3O3/c1-19-11-4-3-8(5-12(11)20-2)9-6-13(18)16-14-10(9)7-15-17-14/h3-5,7,9H,6H2,1-2H3,(H2,15,16,17,18)/t9-/m1/s1. The molecule has 6 nitrogen and oxygen atoms in total. The zero-order chi connectivity index (χ0) is 14.1. The Hall–Kier alpha value is -2.50. The number of anilines is 1. The number of fused-ring (bicyclic) bond motifs is 1. The molecule has 0 fully saturated rings. The number of ether oxygens (including phenoxy) is 2. The number of rotatable bonds is 3. The molecule has 2 heterocycles. The molecule has 0 unspecified atom stereocenters. The minimum Gasteiger partial charge on any atom is -0.493 e. The Labute approximate surface area is 116 Å². The van der Waals surface area contributed by atoms with Gasteiger partial charge in [0.1, 0.15) is 5.82 Å². The van der Waals surface area contributed by atoms with Crippen molar-refractivity contribution in [2.75, 3.05) is 19.5 Å². The second kappa shape index (κ2) is 4.88. The molecule has 1 aromatic carbocycles. The maximum Gasteiger partial charge on any atom is 0.226 e. The number of nitrogens with one attached hydrogen (secondary N) is 2. The molecular formula is C14H15N3O3. The summed E-state index contributed by atoms with van der Waals surface area (Å²) in [6, 6.07) is 5.70. The van der Waals surface area contributed by atoms with E-state index >= 15 is 0 Å². The van der Waals surface area contributed by atoms with Crippen molar-refractivity contribution in [3.05, 3.63) is 35.5 Å². The third kappa shape index (κ3) is 1.99. The molecule has 1 amide bonds. The van der Waals surface area contributed by atoms with Crippen LogP contribution in [-0.4, -0.2) is 30.3 Å². The third-order valence-electron chi connectivity index (χ3n) is 3.51. The summed E-state index contributed by atoms with van der Waals surface area (Å²) in [4.78, 5) is 11.8. The quantitative estimate of drug-likeness (QED) is 0.895. The topological polar surface area (TPSA) is 76.2 Å². The van der Waals surface area contributed by atoms with Crippen molar-refractivity contribution in [2.45, 2.75) is 12.3 Å². The second-order valence-electron chi connectivity index (χ2n) is 4.62. The van der Waals surface area contributed by atoms with Crippen molar-refractivity contribution < 1.29 is 14.3 Å². The van der Waals surface area contributed by atoms with Gasteiger partial charge in [0.2, 0.25) is 5.91 Å². The number of H-pyrrole nitrogens is 1. The average Bonchev–Trinajstić information content (AvgIpc) is 2.93. The highest BCUT2D eigenvalue weighted by Gasteiger charge is 2.28. The van der Waals surface area contributed by atoms with E-state index < -0.39 is 0 Å². The molecule has 0 radical (unpaired) electrons. The van der Waals surface area contributed by atoms with E-state index in [-0.39, 0.29) is 11.8 Å². The van der Waals surface area contributed by atoms with Gasteiger partial charge in [0.25, 0.3) is 0 Å². The lowest BCUT2D eigenvalue weighted by molar-refractivity contribution is -0.116. The average molecular weight is 273 g/mol. The summed E-state index contributed by atoms with van der Waals surface area (Å²) in [5, 5.41) is 9.57. The lowest BCUT2D eigenvalue weighted by Gasteiger charge is -2.23. The number of hydrogen-bond acceptors (Lipinski definition) is 4. The molecule has 104 valence electrons.